The number of rotatable bonds is 3. The highest BCUT2D eigenvalue weighted by Crippen LogP contribution is 2.31. The topological polar surface area (TPSA) is 22.1 Å². The van der Waals surface area contributed by atoms with Gasteiger partial charge in [-0.15, -0.1) is 0 Å². The van der Waals surface area contributed by atoms with Crippen LogP contribution in [0.15, 0.2) is 42.7 Å². The van der Waals surface area contributed by atoms with Gasteiger partial charge >= 0.3 is 0 Å². The van der Waals surface area contributed by atoms with Crippen LogP contribution in [0.5, 0.6) is 5.75 Å². The predicted octanol–water partition coefficient (Wildman–Crippen LogP) is 3.80. The molecule has 0 saturated heterocycles. The van der Waals surface area contributed by atoms with E-state index in [1.807, 2.05) is 43.5 Å². The van der Waals surface area contributed by atoms with Gasteiger partial charge in [-0.1, -0.05) is 17.7 Å². The van der Waals surface area contributed by atoms with E-state index in [1.165, 1.54) is 0 Å². The Bertz CT molecular complexity index is 471. The predicted molar refractivity (Wildman–Crippen MR) is 65.9 cm³/mol. The highest BCUT2D eigenvalue weighted by atomic mass is 35.5. The molecule has 0 amide bonds. The van der Waals surface area contributed by atoms with Gasteiger partial charge in [0.2, 0.25) is 0 Å². The second-order valence-electron chi connectivity index (χ2n) is 3.32. The summed E-state index contributed by atoms with van der Waals surface area (Å²) in [6.07, 6.45) is 3.56. The van der Waals surface area contributed by atoms with E-state index >= 15 is 0 Å². The maximum atomic E-state index is 5.94. The minimum absolute atomic E-state index is 0.619. The van der Waals surface area contributed by atoms with Crippen molar-refractivity contribution in [2.24, 2.45) is 0 Å². The Morgan fingerprint density at radius 2 is 2.19 bits per heavy atom. The molecular formula is C13H12ClNO. The van der Waals surface area contributed by atoms with Crippen LogP contribution in [0.4, 0.5) is 0 Å². The van der Waals surface area contributed by atoms with Crippen LogP contribution in [0, 0.1) is 0 Å². The van der Waals surface area contributed by atoms with E-state index in [9.17, 15) is 0 Å². The highest BCUT2D eigenvalue weighted by Gasteiger charge is 2.06. The third kappa shape index (κ3) is 2.34. The molecule has 2 aromatic rings. The van der Waals surface area contributed by atoms with Crippen molar-refractivity contribution in [3.8, 4) is 16.9 Å². The lowest BCUT2D eigenvalue weighted by Crippen LogP contribution is -1.94. The number of pyridine rings is 1. The summed E-state index contributed by atoms with van der Waals surface area (Å²) in [5.74, 6) is 0.794. The molecule has 0 spiro atoms. The number of aromatic nitrogens is 1. The van der Waals surface area contributed by atoms with Gasteiger partial charge in [-0.25, -0.2) is 0 Å². The first-order chi connectivity index (χ1) is 7.81. The minimum Gasteiger partial charge on any atom is -0.493 e. The fourth-order valence-corrected chi connectivity index (χ4v) is 1.69. The van der Waals surface area contributed by atoms with Crippen LogP contribution in [0.1, 0.15) is 6.92 Å². The third-order valence-corrected chi connectivity index (χ3v) is 2.45. The maximum absolute atomic E-state index is 5.94. The molecule has 1 heterocycles. The molecule has 2 nitrogen and oxygen atoms in total. The lowest BCUT2D eigenvalue weighted by molar-refractivity contribution is 0.341. The first kappa shape index (κ1) is 11.0. The van der Waals surface area contributed by atoms with E-state index in [-0.39, 0.29) is 0 Å². The van der Waals surface area contributed by atoms with E-state index < -0.39 is 0 Å². The molecule has 16 heavy (non-hydrogen) atoms. The number of ether oxygens (including phenoxy) is 1. The molecule has 1 aromatic heterocycles. The number of benzene rings is 1. The van der Waals surface area contributed by atoms with Gasteiger partial charge in [-0.2, -0.15) is 0 Å². The molecule has 0 radical (unpaired) electrons. The summed E-state index contributed by atoms with van der Waals surface area (Å²) in [6, 6.07) is 9.53. The van der Waals surface area contributed by atoms with Gasteiger partial charge < -0.3 is 4.74 Å². The van der Waals surface area contributed by atoms with Gasteiger partial charge in [0.15, 0.2) is 0 Å². The van der Waals surface area contributed by atoms with Crippen LogP contribution in [-0.4, -0.2) is 11.6 Å². The first-order valence-corrected chi connectivity index (χ1v) is 5.52. The molecular weight excluding hydrogens is 222 g/mol. The number of halogens is 1. The summed E-state index contributed by atoms with van der Waals surface area (Å²) in [4.78, 5) is 4.10. The van der Waals surface area contributed by atoms with Crippen LogP contribution in [0.3, 0.4) is 0 Å². The fourth-order valence-electron chi connectivity index (χ4n) is 1.53. The first-order valence-electron chi connectivity index (χ1n) is 5.14. The zero-order valence-electron chi connectivity index (χ0n) is 8.98. The number of hydrogen-bond donors (Lipinski definition) is 0. The Labute approximate surface area is 99.9 Å². The molecule has 0 unspecified atom stereocenters. The van der Waals surface area contributed by atoms with Crippen LogP contribution in [0.2, 0.25) is 5.02 Å². The Kier molecular flexibility index (Phi) is 3.42. The summed E-state index contributed by atoms with van der Waals surface area (Å²) in [7, 11) is 0. The Morgan fingerprint density at radius 3 is 2.88 bits per heavy atom. The van der Waals surface area contributed by atoms with Gasteiger partial charge in [-0.05, 0) is 31.2 Å². The zero-order valence-corrected chi connectivity index (χ0v) is 9.74. The van der Waals surface area contributed by atoms with Gasteiger partial charge in [0.25, 0.3) is 0 Å². The van der Waals surface area contributed by atoms with Crippen LogP contribution in [0.25, 0.3) is 11.1 Å². The highest BCUT2D eigenvalue weighted by molar-refractivity contribution is 6.30. The second-order valence-corrected chi connectivity index (χ2v) is 3.75. The van der Waals surface area contributed by atoms with Crippen molar-refractivity contribution in [2.45, 2.75) is 6.92 Å². The molecule has 0 aliphatic carbocycles. The van der Waals surface area contributed by atoms with E-state index in [1.54, 1.807) is 6.20 Å². The van der Waals surface area contributed by atoms with Crippen LogP contribution in [-0.2, 0) is 0 Å². The molecule has 0 atom stereocenters. The quantitative estimate of drug-likeness (QED) is 0.805. The van der Waals surface area contributed by atoms with Crippen molar-refractivity contribution in [1.82, 2.24) is 4.98 Å². The van der Waals surface area contributed by atoms with E-state index in [4.69, 9.17) is 16.3 Å². The molecule has 2 rings (SSSR count). The second kappa shape index (κ2) is 4.99. The van der Waals surface area contributed by atoms with Gasteiger partial charge in [-0.3, -0.25) is 4.98 Å². The SMILES string of the molecule is CCOc1cc(Cl)ccc1-c1cccnc1. The lowest BCUT2D eigenvalue weighted by atomic mass is 10.1. The summed E-state index contributed by atoms with van der Waals surface area (Å²) >= 11 is 5.94. The molecule has 0 saturated carbocycles. The molecule has 1 aromatic carbocycles. The molecule has 3 heteroatoms. The monoisotopic (exact) mass is 233 g/mol. The van der Waals surface area contributed by atoms with Crippen LogP contribution >= 0.6 is 11.6 Å². The van der Waals surface area contributed by atoms with Gasteiger partial charge in [0, 0.05) is 28.5 Å². The minimum atomic E-state index is 0.619. The standard InChI is InChI=1S/C13H12ClNO/c1-2-16-13-8-11(14)5-6-12(13)10-4-3-7-15-9-10/h3-9H,2H2,1H3. The van der Waals surface area contributed by atoms with Gasteiger partial charge in [0.05, 0.1) is 6.61 Å². The van der Waals surface area contributed by atoms with Crippen LogP contribution < -0.4 is 4.74 Å². The zero-order chi connectivity index (χ0) is 11.4. The van der Waals surface area contributed by atoms with Crippen molar-refractivity contribution in [3.05, 3.63) is 47.7 Å². The van der Waals surface area contributed by atoms with E-state index in [0.29, 0.717) is 11.6 Å². The number of hydrogen-bond acceptors (Lipinski definition) is 2. The van der Waals surface area contributed by atoms with Gasteiger partial charge in [0.1, 0.15) is 5.75 Å². The molecule has 0 fully saturated rings. The lowest BCUT2D eigenvalue weighted by Gasteiger charge is -2.10. The van der Waals surface area contributed by atoms with Crippen molar-refractivity contribution >= 4 is 11.6 Å². The fraction of sp³-hybridized carbons (Fsp3) is 0.154. The molecule has 82 valence electrons. The number of nitrogens with zero attached hydrogens (tertiary/aromatic N) is 1. The Balaban J connectivity index is 2.48. The average Bonchev–Trinajstić information content (AvgIpc) is 2.31. The van der Waals surface area contributed by atoms with Crippen molar-refractivity contribution in [1.29, 1.82) is 0 Å². The molecule has 0 bridgehead atoms. The molecule has 0 aliphatic rings. The summed E-state index contributed by atoms with van der Waals surface area (Å²) < 4.78 is 5.56. The summed E-state index contributed by atoms with van der Waals surface area (Å²) in [5.41, 5.74) is 2.04. The van der Waals surface area contributed by atoms with Crippen molar-refractivity contribution in [3.63, 3.8) is 0 Å². The normalized spacial score (nSPS) is 10.1. The Morgan fingerprint density at radius 1 is 1.31 bits per heavy atom. The third-order valence-electron chi connectivity index (χ3n) is 2.22. The van der Waals surface area contributed by atoms with Crippen molar-refractivity contribution < 1.29 is 4.74 Å². The molecule has 0 aliphatic heterocycles. The maximum Gasteiger partial charge on any atom is 0.128 e. The average molecular weight is 234 g/mol. The summed E-state index contributed by atoms with van der Waals surface area (Å²) in [6.45, 7) is 2.57. The molecule has 0 N–H and O–H groups in total. The van der Waals surface area contributed by atoms with E-state index in [2.05, 4.69) is 4.98 Å². The van der Waals surface area contributed by atoms with E-state index in [0.717, 1.165) is 16.9 Å². The van der Waals surface area contributed by atoms with Crippen molar-refractivity contribution in [2.75, 3.05) is 6.61 Å². The largest absolute Gasteiger partial charge is 0.493 e. The smallest absolute Gasteiger partial charge is 0.128 e. The summed E-state index contributed by atoms with van der Waals surface area (Å²) in [5, 5.41) is 0.677. The Hall–Kier alpha value is -1.54.